The summed E-state index contributed by atoms with van der Waals surface area (Å²) >= 11 is 0. The van der Waals surface area contributed by atoms with Gasteiger partial charge < -0.3 is 15.8 Å². The molecule has 0 aromatic heterocycles. The molecule has 0 aliphatic heterocycles. The van der Waals surface area contributed by atoms with Crippen LogP contribution in [-0.2, 0) is 9.53 Å². The largest absolute Gasteiger partial charge is 0.462 e. The third-order valence-electron chi connectivity index (χ3n) is 2.29. The number of amides is 1. The topological polar surface area (TPSA) is 81.4 Å². The molecule has 0 bridgehead atoms. The summed E-state index contributed by atoms with van der Waals surface area (Å²) in [5.74, 6) is -0.442. The van der Waals surface area contributed by atoms with Crippen LogP contribution in [-0.4, -0.2) is 25.0 Å². The molecule has 0 unspecified atom stereocenters. The maximum absolute atomic E-state index is 11.4. The molecule has 19 heavy (non-hydrogen) atoms. The van der Waals surface area contributed by atoms with Gasteiger partial charge in [-0.1, -0.05) is 0 Å². The summed E-state index contributed by atoms with van der Waals surface area (Å²) in [7, 11) is 0. The van der Waals surface area contributed by atoms with Gasteiger partial charge in [0.15, 0.2) is 0 Å². The van der Waals surface area contributed by atoms with Crippen LogP contribution in [0.5, 0.6) is 0 Å². The molecule has 1 rings (SSSR count). The number of hydrogen-bond acceptors (Lipinski definition) is 4. The minimum absolute atomic E-state index is 0. The summed E-state index contributed by atoms with van der Waals surface area (Å²) in [6, 6.07) is 6.59. The van der Waals surface area contributed by atoms with Gasteiger partial charge in [0.25, 0.3) is 0 Å². The van der Waals surface area contributed by atoms with Crippen LogP contribution >= 0.6 is 12.4 Å². The van der Waals surface area contributed by atoms with Gasteiger partial charge >= 0.3 is 5.97 Å². The molecule has 0 radical (unpaired) electrons. The van der Waals surface area contributed by atoms with E-state index in [9.17, 15) is 9.59 Å². The minimum Gasteiger partial charge on any atom is -0.462 e. The van der Waals surface area contributed by atoms with Crippen molar-refractivity contribution in [1.29, 1.82) is 0 Å². The summed E-state index contributed by atoms with van der Waals surface area (Å²) in [6.07, 6.45) is 1.06. The van der Waals surface area contributed by atoms with Crippen molar-refractivity contribution in [2.45, 2.75) is 19.8 Å². The Hall–Kier alpha value is -1.59. The number of halogens is 1. The van der Waals surface area contributed by atoms with Crippen molar-refractivity contribution in [3.63, 3.8) is 0 Å². The highest BCUT2D eigenvalue weighted by molar-refractivity contribution is 5.93. The van der Waals surface area contributed by atoms with E-state index in [2.05, 4.69) is 5.32 Å². The first-order valence-corrected chi connectivity index (χ1v) is 5.94. The third-order valence-corrected chi connectivity index (χ3v) is 2.29. The van der Waals surface area contributed by atoms with E-state index in [1.165, 1.54) is 0 Å². The SMILES string of the molecule is CCOC(=O)c1ccc(NC(=O)CCCN)cc1.Cl. The summed E-state index contributed by atoms with van der Waals surface area (Å²) in [5, 5.41) is 2.73. The third kappa shape index (κ3) is 6.22. The smallest absolute Gasteiger partial charge is 0.338 e. The standard InChI is InChI=1S/C13H18N2O3.ClH/c1-2-18-13(17)10-5-7-11(8-6-10)15-12(16)4-3-9-14;/h5-8H,2-4,9,14H2,1H3,(H,15,16);1H. The number of hydrogen-bond donors (Lipinski definition) is 2. The van der Waals surface area contributed by atoms with Crippen LogP contribution in [0.25, 0.3) is 0 Å². The first kappa shape index (κ1) is 17.4. The van der Waals surface area contributed by atoms with Crippen molar-refractivity contribution >= 4 is 30.0 Å². The van der Waals surface area contributed by atoms with E-state index in [0.717, 1.165) is 0 Å². The second-order valence-electron chi connectivity index (χ2n) is 3.74. The first-order valence-electron chi connectivity index (χ1n) is 5.94. The lowest BCUT2D eigenvalue weighted by Crippen LogP contribution is -2.13. The second-order valence-corrected chi connectivity index (χ2v) is 3.74. The number of nitrogens with two attached hydrogens (primary N) is 1. The highest BCUT2D eigenvalue weighted by atomic mass is 35.5. The normalized spacial score (nSPS) is 9.37. The van der Waals surface area contributed by atoms with Crippen molar-refractivity contribution in [3.05, 3.63) is 29.8 Å². The summed E-state index contributed by atoms with van der Waals surface area (Å²) < 4.78 is 4.86. The fourth-order valence-electron chi connectivity index (χ4n) is 1.39. The summed E-state index contributed by atoms with van der Waals surface area (Å²) in [6.45, 7) is 2.59. The van der Waals surface area contributed by atoms with E-state index in [4.69, 9.17) is 10.5 Å². The van der Waals surface area contributed by atoms with Crippen LogP contribution in [0.4, 0.5) is 5.69 Å². The highest BCUT2D eigenvalue weighted by Gasteiger charge is 2.06. The van der Waals surface area contributed by atoms with Gasteiger partial charge in [-0.15, -0.1) is 12.4 Å². The van der Waals surface area contributed by atoms with Crippen molar-refractivity contribution in [1.82, 2.24) is 0 Å². The zero-order valence-corrected chi connectivity index (χ0v) is 11.7. The average molecular weight is 287 g/mol. The lowest BCUT2D eigenvalue weighted by atomic mass is 10.2. The van der Waals surface area contributed by atoms with E-state index < -0.39 is 0 Å². The summed E-state index contributed by atoms with van der Waals surface area (Å²) in [4.78, 5) is 22.8. The molecule has 1 amide bonds. The molecule has 0 fully saturated rings. The second kappa shape index (κ2) is 9.35. The Balaban J connectivity index is 0.00000324. The molecule has 0 saturated carbocycles. The molecule has 106 valence electrons. The van der Waals surface area contributed by atoms with Crippen LogP contribution in [0, 0.1) is 0 Å². The van der Waals surface area contributed by atoms with Crippen LogP contribution in [0.15, 0.2) is 24.3 Å². The molecule has 0 aliphatic carbocycles. The zero-order valence-electron chi connectivity index (χ0n) is 10.8. The van der Waals surface area contributed by atoms with E-state index in [0.29, 0.717) is 37.2 Å². The van der Waals surface area contributed by atoms with Crippen molar-refractivity contribution < 1.29 is 14.3 Å². The van der Waals surface area contributed by atoms with Gasteiger partial charge in [0, 0.05) is 12.1 Å². The molecule has 3 N–H and O–H groups in total. The molecular weight excluding hydrogens is 268 g/mol. The highest BCUT2D eigenvalue weighted by Crippen LogP contribution is 2.11. The van der Waals surface area contributed by atoms with Gasteiger partial charge in [0.2, 0.25) is 5.91 Å². The zero-order chi connectivity index (χ0) is 13.4. The van der Waals surface area contributed by atoms with Gasteiger partial charge in [0.1, 0.15) is 0 Å². The fourth-order valence-corrected chi connectivity index (χ4v) is 1.39. The lowest BCUT2D eigenvalue weighted by Gasteiger charge is -2.06. The van der Waals surface area contributed by atoms with E-state index in [-0.39, 0.29) is 24.3 Å². The molecule has 1 aromatic rings. The molecule has 0 saturated heterocycles. The Kier molecular flexibility index (Phi) is 8.57. The van der Waals surface area contributed by atoms with Crippen LogP contribution in [0.1, 0.15) is 30.1 Å². The van der Waals surface area contributed by atoms with Crippen molar-refractivity contribution in [2.24, 2.45) is 5.73 Å². The number of anilines is 1. The molecule has 6 heteroatoms. The number of rotatable bonds is 6. The number of esters is 1. The van der Waals surface area contributed by atoms with Gasteiger partial charge in [-0.25, -0.2) is 4.79 Å². The van der Waals surface area contributed by atoms with Crippen LogP contribution in [0.3, 0.4) is 0 Å². The fraction of sp³-hybridized carbons (Fsp3) is 0.385. The van der Waals surface area contributed by atoms with Gasteiger partial charge in [-0.2, -0.15) is 0 Å². The van der Waals surface area contributed by atoms with Crippen LogP contribution in [0.2, 0.25) is 0 Å². The van der Waals surface area contributed by atoms with Crippen LogP contribution < -0.4 is 11.1 Å². The number of benzene rings is 1. The molecular formula is C13H19ClN2O3. The molecule has 0 spiro atoms. The van der Waals surface area contributed by atoms with E-state index in [1.54, 1.807) is 31.2 Å². The predicted octanol–water partition coefficient (Wildman–Crippen LogP) is 1.96. The Morgan fingerprint density at radius 1 is 1.26 bits per heavy atom. The number of ether oxygens (including phenoxy) is 1. The van der Waals surface area contributed by atoms with E-state index >= 15 is 0 Å². The number of carbonyl (C=O) groups is 2. The molecule has 0 aliphatic rings. The maximum Gasteiger partial charge on any atom is 0.338 e. The Bertz CT molecular complexity index is 407. The van der Waals surface area contributed by atoms with Crippen molar-refractivity contribution in [2.75, 3.05) is 18.5 Å². The molecule has 1 aromatic carbocycles. The number of carbonyl (C=O) groups excluding carboxylic acids is 2. The molecule has 0 heterocycles. The maximum atomic E-state index is 11.4. The van der Waals surface area contributed by atoms with Gasteiger partial charge in [-0.3, -0.25) is 4.79 Å². The Morgan fingerprint density at radius 2 is 1.89 bits per heavy atom. The predicted molar refractivity (Wildman–Crippen MR) is 76.6 cm³/mol. The lowest BCUT2D eigenvalue weighted by molar-refractivity contribution is -0.116. The number of nitrogens with one attached hydrogen (secondary N) is 1. The van der Waals surface area contributed by atoms with E-state index in [1.807, 2.05) is 0 Å². The quantitative estimate of drug-likeness (QED) is 0.783. The van der Waals surface area contributed by atoms with Gasteiger partial charge in [-0.05, 0) is 44.2 Å². The minimum atomic E-state index is -0.362. The average Bonchev–Trinajstić information content (AvgIpc) is 2.37. The Labute approximate surface area is 118 Å². The Morgan fingerprint density at radius 3 is 2.42 bits per heavy atom. The first-order chi connectivity index (χ1) is 8.67. The summed E-state index contributed by atoms with van der Waals surface area (Å²) in [5.41, 5.74) is 6.45. The monoisotopic (exact) mass is 286 g/mol. The van der Waals surface area contributed by atoms with Crippen molar-refractivity contribution in [3.8, 4) is 0 Å². The van der Waals surface area contributed by atoms with Gasteiger partial charge in [0.05, 0.1) is 12.2 Å². The molecule has 5 nitrogen and oxygen atoms in total. The molecule has 0 atom stereocenters.